The van der Waals surface area contributed by atoms with Crippen LogP contribution in [0.25, 0.3) is 6.08 Å². The van der Waals surface area contributed by atoms with Gasteiger partial charge in [-0.05, 0) is 24.1 Å². The van der Waals surface area contributed by atoms with Crippen molar-refractivity contribution in [3.63, 3.8) is 0 Å². The van der Waals surface area contributed by atoms with Crippen molar-refractivity contribution in [1.82, 2.24) is 4.90 Å². The summed E-state index contributed by atoms with van der Waals surface area (Å²) in [5.41, 5.74) is 1.93. The summed E-state index contributed by atoms with van der Waals surface area (Å²) in [4.78, 5) is 24.4. The summed E-state index contributed by atoms with van der Waals surface area (Å²) in [7, 11) is 0. The third kappa shape index (κ3) is 4.03. The van der Waals surface area contributed by atoms with Crippen molar-refractivity contribution in [2.75, 3.05) is 6.54 Å². The molecule has 1 fully saturated rings. The predicted molar refractivity (Wildman–Crippen MR) is 87.7 cm³/mol. The van der Waals surface area contributed by atoms with E-state index in [0.717, 1.165) is 27.8 Å². The zero-order valence-corrected chi connectivity index (χ0v) is 12.9. The second-order valence-corrected chi connectivity index (χ2v) is 6.14. The Balaban J connectivity index is 2.18. The lowest BCUT2D eigenvalue weighted by Crippen LogP contribution is -2.33. The third-order valence-electron chi connectivity index (χ3n) is 2.72. The third-order valence-corrected chi connectivity index (χ3v) is 4.10. The average molecular weight is 319 g/mol. The Bertz CT molecular complexity index is 650. The molecule has 1 N–H and O–H groups in total. The number of amides is 1. The van der Waals surface area contributed by atoms with Gasteiger partial charge in [-0.1, -0.05) is 60.4 Å². The molecule has 1 heterocycles. The molecular formula is C15H13NO3S2. The lowest BCUT2D eigenvalue weighted by molar-refractivity contribution is -0.140. The Labute approximate surface area is 132 Å². The number of thiocarbonyl (C=S) groups is 1. The molecule has 0 atom stereocenters. The fraction of sp³-hybridized carbons (Fsp3) is 0.133. The first kappa shape index (κ1) is 15.5. The molecule has 6 heteroatoms. The van der Waals surface area contributed by atoms with Crippen LogP contribution in [0, 0.1) is 0 Å². The van der Waals surface area contributed by atoms with Crippen LogP contribution in [-0.4, -0.2) is 32.7 Å². The molecule has 1 amide bonds. The summed E-state index contributed by atoms with van der Waals surface area (Å²) in [6.45, 7) is 1.49. The number of thioether (sulfide) groups is 1. The number of hydrogen-bond acceptors (Lipinski definition) is 4. The van der Waals surface area contributed by atoms with Gasteiger partial charge in [0.15, 0.2) is 0 Å². The van der Waals surface area contributed by atoms with Crippen LogP contribution in [0.15, 0.2) is 46.9 Å². The Morgan fingerprint density at radius 1 is 1.38 bits per heavy atom. The number of rotatable bonds is 4. The Morgan fingerprint density at radius 2 is 2.05 bits per heavy atom. The number of carbonyl (C=O) groups excluding carboxylic acids is 1. The first-order valence-corrected chi connectivity index (χ1v) is 7.40. The van der Waals surface area contributed by atoms with E-state index in [1.807, 2.05) is 43.3 Å². The van der Waals surface area contributed by atoms with Crippen molar-refractivity contribution >= 4 is 46.3 Å². The smallest absolute Gasteiger partial charge is 0.323 e. The van der Waals surface area contributed by atoms with E-state index >= 15 is 0 Å². The maximum absolute atomic E-state index is 12.1. The van der Waals surface area contributed by atoms with Crippen molar-refractivity contribution in [1.29, 1.82) is 0 Å². The van der Waals surface area contributed by atoms with Gasteiger partial charge in [0, 0.05) is 0 Å². The quantitative estimate of drug-likeness (QED) is 0.683. The molecule has 1 aliphatic heterocycles. The van der Waals surface area contributed by atoms with Gasteiger partial charge in [-0.3, -0.25) is 14.5 Å². The number of carboxylic acid groups (broad SMARTS) is 1. The predicted octanol–water partition coefficient (Wildman–Crippen LogP) is 2.92. The van der Waals surface area contributed by atoms with Crippen LogP contribution in [0.3, 0.4) is 0 Å². The van der Waals surface area contributed by atoms with E-state index in [1.54, 1.807) is 6.08 Å². The Hall–Kier alpha value is -1.92. The minimum atomic E-state index is -1.08. The second kappa shape index (κ2) is 6.69. The highest BCUT2D eigenvalue weighted by Crippen LogP contribution is 2.31. The van der Waals surface area contributed by atoms with E-state index in [9.17, 15) is 9.59 Å². The highest BCUT2D eigenvalue weighted by atomic mass is 32.2. The van der Waals surface area contributed by atoms with Crippen LogP contribution >= 0.6 is 24.0 Å². The first-order valence-electron chi connectivity index (χ1n) is 6.18. The van der Waals surface area contributed by atoms with Gasteiger partial charge in [-0.15, -0.1) is 0 Å². The monoisotopic (exact) mass is 319 g/mol. The van der Waals surface area contributed by atoms with Crippen molar-refractivity contribution < 1.29 is 14.7 Å². The molecule has 0 spiro atoms. The van der Waals surface area contributed by atoms with Crippen molar-refractivity contribution in [2.45, 2.75) is 6.92 Å². The molecule has 108 valence electrons. The summed E-state index contributed by atoms with van der Waals surface area (Å²) >= 11 is 6.17. The minimum absolute atomic E-state index is 0.279. The van der Waals surface area contributed by atoms with E-state index < -0.39 is 12.5 Å². The summed E-state index contributed by atoms with van der Waals surface area (Å²) in [5, 5.41) is 8.78. The van der Waals surface area contributed by atoms with Crippen LogP contribution in [0.5, 0.6) is 0 Å². The van der Waals surface area contributed by atoms with Gasteiger partial charge in [0.05, 0.1) is 4.91 Å². The highest BCUT2D eigenvalue weighted by molar-refractivity contribution is 8.26. The molecule has 0 radical (unpaired) electrons. The molecule has 0 unspecified atom stereocenters. The Morgan fingerprint density at radius 3 is 2.67 bits per heavy atom. The normalized spacial score (nSPS) is 17.7. The van der Waals surface area contributed by atoms with Gasteiger partial charge in [0.2, 0.25) is 0 Å². The SMILES string of the molecule is CC(=Cc1ccccc1)C=C1SC(=S)N(CC(=O)O)C1=O. The van der Waals surface area contributed by atoms with Gasteiger partial charge in [-0.25, -0.2) is 0 Å². The van der Waals surface area contributed by atoms with Crippen LogP contribution in [-0.2, 0) is 9.59 Å². The molecular weight excluding hydrogens is 306 g/mol. The van der Waals surface area contributed by atoms with Gasteiger partial charge in [0.1, 0.15) is 10.9 Å². The lowest BCUT2D eigenvalue weighted by atomic mass is 10.1. The molecule has 0 saturated carbocycles. The van der Waals surface area contributed by atoms with Crippen molar-refractivity contribution in [2.24, 2.45) is 0 Å². The molecule has 2 rings (SSSR count). The number of carboxylic acids is 1. The minimum Gasteiger partial charge on any atom is -0.480 e. The first-order chi connectivity index (χ1) is 9.97. The lowest BCUT2D eigenvalue weighted by Gasteiger charge is -2.10. The number of benzene rings is 1. The molecule has 1 aliphatic rings. The van der Waals surface area contributed by atoms with E-state index in [4.69, 9.17) is 17.3 Å². The van der Waals surface area contributed by atoms with Crippen LogP contribution < -0.4 is 0 Å². The summed E-state index contributed by atoms with van der Waals surface area (Å²) in [6.07, 6.45) is 3.68. The standard InChI is InChI=1S/C15H13NO3S2/c1-10(7-11-5-3-2-4-6-11)8-12-14(19)16(9-13(17)18)15(20)21-12/h2-8H,9H2,1H3,(H,17,18). The van der Waals surface area contributed by atoms with E-state index in [1.165, 1.54) is 0 Å². The van der Waals surface area contributed by atoms with Gasteiger partial charge in [-0.2, -0.15) is 0 Å². The van der Waals surface area contributed by atoms with Crippen molar-refractivity contribution in [3.8, 4) is 0 Å². The summed E-state index contributed by atoms with van der Waals surface area (Å²) in [5.74, 6) is -1.43. The fourth-order valence-electron chi connectivity index (χ4n) is 1.83. The van der Waals surface area contributed by atoms with E-state index in [2.05, 4.69) is 0 Å². The number of aliphatic carboxylic acids is 1. The molecule has 0 aromatic heterocycles. The molecule has 4 nitrogen and oxygen atoms in total. The average Bonchev–Trinajstić information content (AvgIpc) is 2.67. The summed E-state index contributed by atoms with van der Waals surface area (Å²) in [6, 6.07) is 9.74. The van der Waals surface area contributed by atoms with E-state index in [0.29, 0.717) is 4.91 Å². The van der Waals surface area contributed by atoms with Crippen LogP contribution in [0.2, 0.25) is 0 Å². The van der Waals surface area contributed by atoms with Gasteiger partial charge < -0.3 is 5.11 Å². The largest absolute Gasteiger partial charge is 0.480 e. The molecule has 1 saturated heterocycles. The topological polar surface area (TPSA) is 57.6 Å². The molecule has 0 bridgehead atoms. The van der Waals surface area contributed by atoms with Crippen LogP contribution in [0.1, 0.15) is 12.5 Å². The molecule has 21 heavy (non-hydrogen) atoms. The molecule has 1 aromatic carbocycles. The zero-order valence-electron chi connectivity index (χ0n) is 11.3. The highest BCUT2D eigenvalue weighted by Gasteiger charge is 2.33. The number of hydrogen-bond donors (Lipinski definition) is 1. The number of allylic oxidation sites excluding steroid dienone is 2. The van der Waals surface area contributed by atoms with Crippen LogP contribution in [0.4, 0.5) is 0 Å². The molecule has 1 aromatic rings. The maximum atomic E-state index is 12.1. The fourth-order valence-corrected chi connectivity index (χ4v) is 3.14. The van der Waals surface area contributed by atoms with Gasteiger partial charge >= 0.3 is 5.97 Å². The number of nitrogens with zero attached hydrogens (tertiary/aromatic N) is 1. The summed E-state index contributed by atoms with van der Waals surface area (Å²) < 4.78 is 0.279. The second-order valence-electron chi connectivity index (χ2n) is 4.46. The Kier molecular flexibility index (Phi) is 4.93. The molecule has 0 aliphatic carbocycles. The zero-order chi connectivity index (χ0) is 15.4. The maximum Gasteiger partial charge on any atom is 0.323 e. The number of carbonyl (C=O) groups is 2. The van der Waals surface area contributed by atoms with E-state index in [-0.39, 0.29) is 10.2 Å². The van der Waals surface area contributed by atoms with Gasteiger partial charge in [0.25, 0.3) is 5.91 Å². The van der Waals surface area contributed by atoms with Crippen molar-refractivity contribution in [3.05, 3.63) is 52.4 Å².